The standard InChI is InChI=1S/C16H23NO4/c1-11-4-6-14(21-3)13(8-11)9-15(18)17-10-12(2)5-7-16(19)20/h4,6,8,12H,5,7,9-10H2,1-3H3,(H,17,18)(H,19,20). The van der Waals surface area contributed by atoms with E-state index in [9.17, 15) is 9.59 Å². The Morgan fingerprint density at radius 3 is 2.71 bits per heavy atom. The van der Waals surface area contributed by atoms with Crippen LogP contribution in [0.15, 0.2) is 18.2 Å². The molecule has 0 saturated heterocycles. The number of ether oxygens (including phenoxy) is 1. The summed E-state index contributed by atoms with van der Waals surface area (Å²) < 4.78 is 5.25. The number of carboxylic acids is 1. The molecule has 0 aromatic heterocycles. The Labute approximate surface area is 125 Å². The highest BCUT2D eigenvalue weighted by Crippen LogP contribution is 2.20. The van der Waals surface area contributed by atoms with E-state index in [0.717, 1.165) is 11.1 Å². The molecular formula is C16H23NO4. The maximum absolute atomic E-state index is 12.0. The fourth-order valence-corrected chi connectivity index (χ4v) is 2.04. The molecule has 1 rings (SSSR count). The quantitative estimate of drug-likeness (QED) is 0.770. The van der Waals surface area contributed by atoms with Crippen molar-refractivity contribution in [2.24, 2.45) is 5.92 Å². The van der Waals surface area contributed by atoms with Gasteiger partial charge in [-0.3, -0.25) is 9.59 Å². The largest absolute Gasteiger partial charge is 0.496 e. The molecule has 5 heteroatoms. The third-order valence-electron chi connectivity index (χ3n) is 3.29. The Morgan fingerprint density at radius 2 is 2.10 bits per heavy atom. The zero-order chi connectivity index (χ0) is 15.8. The second-order valence-corrected chi connectivity index (χ2v) is 5.33. The van der Waals surface area contributed by atoms with Crippen LogP contribution >= 0.6 is 0 Å². The number of rotatable bonds is 8. The van der Waals surface area contributed by atoms with Crippen LogP contribution in [0, 0.1) is 12.8 Å². The van der Waals surface area contributed by atoms with Gasteiger partial charge in [0, 0.05) is 18.5 Å². The summed E-state index contributed by atoms with van der Waals surface area (Å²) in [5, 5.41) is 11.5. The number of amides is 1. The zero-order valence-corrected chi connectivity index (χ0v) is 12.8. The first-order valence-corrected chi connectivity index (χ1v) is 7.04. The van der Waals surface area contributed by atoms with Crippen molar-refractivity contribution in [1.29, 1.82) is 0 Å². The SMILES string of the molecule is COc1ccc(C)cc1CC(=O)NCC(C)CCC(=O)O. The third-order valence-corrected chi connectivity index (χ3v) is 3.29. The Balaban J connectivity index is 2.47. The van der Waals surface area contributed by atoms with Crippen molar-refractivity contribution < 1.29 is 19.4 Å². The number of carboxylic acid groups (broad SMARTS) is 1. The highest BCUT2D eigenvalue weighted by Gasteiger charge is 2.11. The summed E-state index contributed by atoms with van der Waals surface area (Å²) >= 11 is 0. The number of nitrogens with one attached hydrogen (secondary N) is 1. The molecule has 116 valence electrons. The molecule has 5 nitrogen and oxygen atoms in total. The summed E-state index contributed by atoms with van der Waals surface area (Å²) in [5.74, 6) is -0.0436. The lowest BCUT2D eigenvalue weighted by Gasteiger charge is -2.13. The monoisotopic (exact) mass is 293 g/mol. The van der Waals surface area contributed by atoms with Gasteiger partial charge in [0.2, 0.25) is 5.91 Å². The molecule has 0 aliphatic carbocycles. The molecular weight excluding hydrogens is 270 g/mol. The van der Waals surface area contributed by atoms with E-state index in [1.165, 1.54) is 0 Å². The number of carbonyl (C=O) groups is 2. The number of methoxy groups -OCH3 is 1. The normalized spacial score (nSPS) is 11.8. The van der Waals surface area contributed by atoms with Crippen LogP contribution in [-0.4, -0.2) is 30.6 Å². The molecule has 1 amide bonds. The van der Waals surface area contributed by atoms with Crippen molar-refractivity contribution in [3.8, 4) is 5.75 Å². The number of aliphatic carboxylic acids is 1. The summed E-state index contributed by atoms with van der Waals surface area (Å²) in [5.41, 5.74) is 1.93. The van der Waals surface area contributed by atoms with Crippen LogP contribution in [0.25, 0.3) is 0 Å². The first-order chi connectivity index (χ1) is 9.92. The molecule has 0 fully saturated rings. The molecule has 1 atom stereocenters. The van der Waals surface area contributed by atoms with Gasteiger partial charge in [-0.05, 0) is 25.3 Å². The van der Waals surface area contributed by atoms with Crippen molar-refractivity contribution >= 4 is 11.9 Å². The molecule has 1 aromatic carbocycles. The molecule has 21 heavy (non-hydrogen) atoms. The van der Waals surface area contributed by atoms with Gasteiger partial charge in [-0.25, -0.2) is 0 Å². The summed E-state index contributed by atoms with van der Waals surface area (Å²) in [4.78, 5) is 22.4. The summed E-state index contributed by atoms with van der Waals surface area (Å²) in [6, 6.07) is 5.73. The van der Waals surface area contributed by atoms with E-state index in [0.29, 0.717) is 18.7 Å². The predicted molar refractivity (Wildman–Crippen MR) is 80.5 cm³/mol. The van der Waals surface area contributed by atoms with Crippen LogP contribution in [0.1, 0.15) is 30.9 Å². The smallest absolute Gasteiger partial charge is 0.303 e. The highest BCUT2D eigenvalue weighted by molar-refractivity contribution is 5.79. The van der Waals surface area contributed by atoms with Crippen molar-refractivity contribution in [2.45, 2.75) is 33.1 Å². The topological polar surface area (TPSA) is 75.6 Å². The fourth-order valence-electron chi connectivity index (χ4n) is 2.04. The molecule has 0 radical (unpaired) electrons. The summed E-state index contributed by atoms with van der Waals surface area (Å²) in [7, 11) is 1.58. The zero-order valence-electron chi connectivity index (χ0n) is 12.8. The minimum absolute atomic E-state index is 0.0823. The molecule has 0 aliphatic heterocycles. The van der Waals surface area contributed by atoms with Crippen LogP contribution in [0.2, 0.25) is 0 Å². The summed E-state index contributed by atoms with van der Waals surface area (Å²) in [6.45, 7) is 4.38. The van der Waals surface area contributed by atoms with Gasteiger partial charge in [0.1, 0.15) is 5.75 Å². The van der Waals surface area contributed by atoms with E-state index in [2.05, 4.69) is 5.32 Å². The van der Waals surface area contributed by atoms with Gasteiger partial charge in [-0.1, -0.05) is 24.6 Å². The number of aryl methyl sites for hydroxylation is 1. The number of hydrogen-bond donors (Lipinski definition) is 2. The first kappa shape index (κ1) is 17.0. The molecule has 0 spiro atoms. The lowest BCUT2D eigenvalue weighted by molar-refractivity contribution is -0.137. The molecule has 0 aliphatic rings. The van der Waals surface area contributed by atoms with E-state index >= 15 is 0 Å². The molecule has 1 unspecified atom stereocenters. The maximum atomic E-state index is 12.0. The average molecular weight is 293 g/mol. The van der Waals surface area contributed by atoms with E-state index < -0.39 is 5.97 Å². The van der Waals surface area contributed by atoms with Gasteiger partial charge in [-0.15, -0.1) is 0 Å². The predicted octanol–water partition coefficient (Wildman–Crippen LogP) is 2.16. The lowest BCUT2D eigenvalue weighted by Crippen LogP contribution is -2.30. The molecule has 0 bridgehead atoms. The Hall–Kier alpha value is -2.04. The van der Waals surface area contributed by atoms with E-state index in [4.69, 9.17) is 9.84 Å². The van der Waals surface area contributed by atoms with Gasteiger partial charge in [0.05, 0.1) is 13.5 Å². The number of carbonyl (C=O) groups excluding carboxylic acids is 1. The minimum atomic E-state index is -0.808. The summed E-state index contributed by atoms with van der Waals surface area (Å²) in [6.07, 6.45) is 0.947. The fraction of sp³-hybridized carbons (Fsp3) is 0.500. The van der Waals surface area contributed by atoms with Gasteiger partial charge in [-0.2, -0.15) is 0 Å². The first-order valence-electron chi connectivity index (χ1n) is 7.04. The molecule has 2 N–H and O–H groups in total. The van der Waals surface area contributed by atoms with Crippen LogP contribution in [0.3, 0.4) is 0 Å². The van der Waals surface area contributed by atoms with Gasteiger partial charge in [0.15, 0.2) is 0 Å². The number of benzene rings is 1. The van der Waals surface area contributed by atoms with E-state index in [1.54, 1.807) is 7.11 Å². The molecule has 0 saturated carbocycles. The van der Waals surface area contributed by atoms with Gasteiger partial charge < -0.3 is 15.2 Å². The van der Waals surface area contributed by atoms with Crippen molar-refractivity contribution in [2.75, 3.05) is 13.7 Å². The Morgan fingerprint density at radius 1 is 1.38 bits per heavy atom. The molecule has 0 heterocycles. The second-order valence-electron chi connectivity index (χ2n) is 5.33. The van der Waals surface area contributed by atoms with E-state index in [1.807, 2.05) is 32.0 Å². The second kappa shape index (κ2) is 8.29. The Kier molecular flexibility index (Phi) is 6.72. The third kappa shape index (κ3) is 6.29. The highest BCUT2D eigenvalue weighted by atomic mass is 16.5. The van der Waals surface area contributed by atoms with E-state index in [-0.39, 0.29) is 24.7 Å². The van der Waals surface area contributed by atoms with Gasteiger partial charge in [0.25, 0.3) is 0 Å². The van der Waals surface area contributed by atoms with Crippen molar-refractivity contribution in [3.05, 3.63) is 29.3 Å². The van der Waals surface area contributed by atoms with Crippen LogP contribution in [0.4, 0.5) is 0 Å². The van der Waals surface area contributed by atoms with Crippen molar-refractivity contribution in [3.63, 3.8) is 0 Å². The van der Waals surface area contributed by atoms with Crippen LogP contribution in [0.5, 0.6) is 5.75 Å². The van der Waals surface area contributed by atoms with Crippen LogP contribution < -0.4 is 10.1 Å². The van der Waals surface area contributed by atoms with Crippen LogP contribution in [-0.2, 0) is 16.0 Å². The maximum Gasteiger partial charge on any atom is 0.303 e. The minimum Gasteiger partial charge on any atom is -0.496 e. The Bertz CT molecular complexity index is 499. The average Bonchev–Trinajstić information content (AvgIpc) is 2.43. The lowest BCUT2D eigenvalue weighted by atomic mass is 10.0. The van der Waals surface area contributed by atoms with Gasteiger partial charge >= 0.3 is 5.97 Å². The van der Waals surface area contributed by atoms with Crippen molar-refractivity contribution in [1.82, 2.24) is 5.32 Å². The number of hydrogen-bond acceptors (Lipinski definition) is 3. The molecule has 1 aromatic rings.